The number of quaternary nitrogens is 1. The summed E-state index contributed by atoms with van der Waals surface area (Å²) in [7, 11) is 0. The maximum Gasteiger partial charge on any atom is 0.415 e. The van der Waals surface area contributed by atoms with Crippen molar-refractivity contribution in [2.24, 2.45) is 5.92 Å². The van der Waals surface area contributed by atoms with E-state index >= 15 is 0 Å². The zero-order chi connectivity index (χ0) is 18.0. The van der Waals surface area contributed by atoms with E-state index in [9.17, 15) is 4.79 Å². The SMILES string of the molecule is C=CC[N+]12CCC(CC1)[C@@H](OC(=O)N(Cc1cccs1)c1cccs1)C2. The summed E-state index contributed by atoms with van der Waals surface area (Å²) in [6, 6.07) is 8.06. The van der Waals surface area contributed by atoms with Crippen molar-refractivity contribution >= 4 is 33.8 Å². The van der Waals surface area contributed by atoms with E-state index in [1.54, 1.807) is 27.6 Å². The Labute approximate surface area is 162 Å². The summed E-state index contributed by atoms with van der Waals surface area (Å²) in [6.45, 7) is 8.78. The Morgan fingerprint density at radius 1 is 1.27 bits per heavy atom. The van der Waals surface area contributed by atoms with Gasteiger partial charge in [-0.25, -0.2) is 4.79 Å². The number of thiophene rings is 2. The number of anilines is 1. The van der Waals surface area contributed by atoms with Crippen LogP contribution in [0.5, 0.6) is 0 Å². The van der Waals surface area contributed by atoms with Crippen molar-refractivity contribution in [3.8, 4) is 0 Å². The third kappa shape index (κ3) is 3.59. The molecular weight excluding hydrogens is 364 g/mol. The first-order valence-electron chi connectivity index (χ1n) is 9.19. The highest BCUT2D eigenvalue weighted by Crippen LogP contribution is 2.36. The van der Waals surface area contributed by atoms with E-state index < -0.39 is 0 Å². The minimum atomic E-state index is -0.212. The van der Waals surface area contributed by atoms with Gasteiger partial charge in [0.25, 0.3) is 0 Å². The summed E-state index contributed by atoms with van der Waals surface area (Å²) in [5, 5.41) is 4.99. The molecule has 5 heterocycles. The lowest BCUT2D eigenvalue weighted by atomic mass is 9.83. The van der Waals surface area contributed by atoms with Gasteiger partial charge in [0.2, 0.25) is 0 Å². The Balaban J connectivity index is 1.49. The predicted molar refractivity (Wildman–Crippen MR) is 108 cm³/mol. The van der Waals surface area contributed by atoms with Crippen LogP contribution in [-0.4, -0.2) is 42.9 Å². The molecule has 0 spiro atoms. The molecule has 4 nitrogen and oxygen atoms in total. The summed E-state index contributed by atoms with van der Waals surface area (Å²) in [5.41, 5.74) is 0. The molecule has 26 heavy (non-hydrogen) atoms. The molecule has 2 bridgehead atoms. The van der Waals surface area contributed by atoms with Gasteiger partial charge in [-0.1, -0.05) is 12.6 Å². The van der Waals surface area contributed by atoms with Crippen molar-refractivity contribution in [2.45, 2.75) is 25.5 Å². The van der Waals surface area contributed by atoms with E-state index in [1.807, 2.05) is 35.0 Å². The van der Waals surface area contributed by atoms with Crippen LogP contribution in [0.1, 0.15) is 17.7 Å². The van der Waals surface area contributed by atoms with Crippen LogP contribution in [-0.2, 0) is 11.3 Å². The average Bonchev–Trinajstić information content (AvgIpc) is 3.34. The third-order valence-electron chi connectivity index (χ3n) is 5.70. The minimum Gasteiger partial charge on any atom is -0.439 e. The topological polar surface area (TPSA) is 29.5 Å². The monoisotopic (exact) mass is 389 g/mol. The largest absolute Gasteiger partial charge is 0.439 e. The molecule has 0 unspecified atom stereocenters. The highest BCUT2D eigenvalue weighted by atomic mass is 32.1. The molecule has 3 saturated heterocycles. The standard InChI is InChI=1S/C20H25N2O2S2/c1-2-9-22-10-7-16(8-11-22)18(15-22)24-20(23)21(19-6-4-13-26-19)14-17-5-3-12-25-17/h2-6,12-13,16,18H,1,7-11,14-15H2/q+1/t16?,18-,22?/m0/s1. The Morgan fingerprint density at radius 2 is 2.04 bits per heavy atom. The molecule has 1 amide bonds. The second-order valence-electron chi connectivity index (χ2n) is 7.32. The number of rotatable bonds is 6. The highest BCUT2D eigenvalue weighted by Gasteiger charge is 2.47. The molecular formula is C20H25N2O2S2+. The second-order valence-corrected chi connectivity index (χ2v) is 9.28. The van der Waals surface area contributed by atoms with Crippen molar-refractivity contribution in [3.63, 3.8) is 0 Å². The Hall–Kier alpha value is -1.63. The van der Waals surface area contributed by atoms with Crippen molar-refractivity contribution < 1.29 is 14.0 Å². The summed E-state index contributed by atoms with van der Waals surface area (Å²) in [4.78, 5) is 16.0. The van der Waals surface area contributed by atoms with Crippen LogP contribution in [0.4, 0.5) is 9.80 Å². The van der Waals surface area contributed by atoms with Crippen molar-refractivity contribution in [3.05, 3.63) is 52.6 Å². The zero-order valence-electron chi connectivity index (χ0n) is 14.9. The Kier molecular flexibility index (Phi) is 5.16. The van der Waals surface area contributed by atoms with Gasteiger partial charge in [-0.2, -0.15) is 0 Å². The molecule has 1 atom stereocenters. The van der Waals surface area contributed by atoms with Crippen LogP contribution in [0.25, 0.3) is 0 Å². The second kappa shape index (κ2) is 7.55. The molecule has 2 aromatic heterocycles. The summed E-state index contributed by atoms with van der Waals surface area (Å²) < 4.78 is 7.11. The van der Waals surface area contributed by atoms with Gasteiger partial charge in [0, 0.05) is 23.6 Å². The van der Waals surface area contributed by atoms with E-state index in [0.717, 1.165) is 35.4 Å². The van der Waals surface area contributed by atoms with E-state index in [1.165, 1.54) is 18.0 Å². The molecule has 2 aromatic rings. The molecule has 138 valence electrons. The maximum atomic E-state index is 13.1. The molecule has 0 radical (unpaired) electrons. The van der Waals surface area contributed by atoms with Crippen molar-refractivity contribution in [1.82, 2.24) is 0 Å². The van der Waals surface area contributed by atoms with E-state index in [-0.39, 0.29) is 12.2 Å². The normalized spacial score (nSPS) is 27.2. The van der Waals surface area contributed by atoms with Crippen molar-refractivity contribution in [1.29, 1.82) is 0 Å². The van der Waals surface area contributed by atoms with Crippen LogP contribution in [0.2, 0.25) is 0 Å². The van der Waals surface area contributed by atoms with Gasteiger partial charge < -0.3 is 9.22 Å². The van der Waals surface area contributed by atoms with Crippen molar-refractivity contribution in [2.75, 3.05) is 31.1 Å². The molecule has 0 saturated carbocycles. The van der Waals surface area contributed by atoms with Crippen LogP contribution < -0.4 is 4.90 Å². The smallest absolute Gasteiger partial charge is 0.415 e. The minimum absolute atomic E-state index is 0.0238. The molecule has 5 rings (SSSR count). The number of amides is 1. The molecule has 0 aromatic carbocycles. The predicted octanol–water partition coefficient (Wildman–Crippen LogP) is 4.75. The number of carbonyl (C=O) groups excluding carboxylic acids is 1. The van der Waals surface area contributed by atoms with Crippen LogP contribution in [0.15, 0.2) is 47.7 Å². The van der Waals surface area contributed by atoms with Gasteiger partial charge in [-0.05, 0) is 35.0 Å². The first-order valence-corrected chi connectivity index (χ1v) is 11.0. The molecule has 3 aliphatic heterocycles. The number of hydrogen-bond donors (Lipinski definition) is 0. The lowest BCUT2D eigenvalue weighted by Gasteiger charge is -2.51. The molecule has 3 fully saturated rings. The number of fused-ring (bicyclic) bond motifs is 3. The maximum absolute atomic E-state index is 13.1. The summed E-state index contributed by atoms with van der Waals surface area (Å²) in [5.74, 6) is 0.510. The number of hydrogen-bond acceptors (Lipinski definition) is 4. The Bertz CT molecular complexity index is 734. The van der Waals surface area contributed by atoms with Crippen LogP contribution in [0.3, 0.4) is 0 Å². The third-order valence-corrected chi connectivity index (χ3v) is 7.45. The first kappa shape index (κ1) is 17.8. The fraction of sp³-hybridized carbons (Fsp3) is 0.450. The van der Waals surface area contributed by atoms with Gasteiger partial charge in [0.15, 0.2) is 6.10 Å². The number of nitrogens with zero attached hydrogens (tertiary/aromatic N) is 2. The highest BCUT2D eigenvalue weighted by molar-refractivity contribution is 7.14. The summed E-state index contributed by atoms with van der Waals surface area (Å²) >= 11 is 3.25. The number of carbonyl (C=O) groups is 1. The van der Waals surface area contributed by atoms with Gasteiger partial charge in [-0.15, -0.1) is 22.7 Å². The number of piperidine rings is 3. The molecule has 0 N–H and O–H groups in total. The lowest BCUT2D eigenvalue weighted by Crippen LogP contribution is -2.64. The molecule has 6 heteroatoms. The zero-order valence-corrected chi connectivity index (χ0v) is 16.5. The van der Waals surface area contributed by atoms with Gasteiger partial charge in [-0.3, -0.25) is 4.90 Å². The van der Waals surface area contributed by atoms with Crippen LogP contribution in [0, 0.1) is 5.92 Å². The molecule has 3 aliphatic rings. The van der Waals surface area contributed by atoms with E-state index in [4.69, 9.17) is 4.74 Å². The van der Waals surface area contributed by atoms with Gasteiger partial charge in [0.1, 0.15) is 11.5 Å². The fourth-order valence-corrected chi connectivity index (χ4v) is 5.71. The summed E-state index contributed by atoms with van der Waals surface area (Å²) in [6.07, 6.45) is 4.12. The quantitative estimate of drug-likeness (QED) is 0.527. The van der Waals surface area contributed by atoms with E-state index in [0.29, 0.717) is 12.5 Å². The average molecular weight is 390 g/mol. The lowest BCUT2D eigenvalue weighted by molar-refractivity contribution is -0.941. The van der Waals surface area contributed by atoms with Crippen LogP contribution >= 0.6 is 22.7 Å². The van der Waals surface area contributed by atoms with E-state index in [2.05, 4.69) is 12.6 Å². The number of ether oxygens (including phenoxy) is 1. The fourth-order valence-electron chi connectivity index (χ4n) is 4.29. The first-order chi connectivity index (χ1) is 12.7. The van der Waals surface area contributed by atoms with Gasteiger partial charge >= 0.3 is 6.09 Å². The van der Waals surface area contributed by atoms with Gasteiger partial charge in [0.05, 0.1) is 26.2 Å². The Morgan fingerprint density at radius 3 is 2.69 bits per heavy atom. The molecule has 0 aliphatic carbocycles.